The Labute approximate surface area is 144 Å². The fourth-order valence-corrected chi connectivity index (χ4v) is 3.03. The first kappa shape index (κ1) is 15.2. The summed E-state index contributed by atoms with van der Waals surface area (Å²) in [5.74, 6) is -0.0724. The normalized spacial score (nSPS) is 14.2. The number of allylic oxidation sites excluding steroid dienone is 1. The zero-order valence-electron chi connectivity index (χ0n) is 13.7. The standard InChI is InChI=1S/C20H17N3O2/c1-13-5-4-6-14(9-13)12-23-19(24)18(22-20(23)25)10-15-11-21-17-8-3-2-7-16(15)17/h2-11,24H,12H2,1H3,(H,22,25)/b15-10-. The molecule has 5 nitrogen and oxygen atoms in total. The number of aromatic hydroxyl groups is 1. The molecule has 4 rings (SSSR count). The predicted molar refractivity (Wildman–Crippen MR) is 99.5 cm³/mol. The summed E-state index contributed by atoms with van der Waals surface area (Å²) in [5.41, 5.74) is 4.84. The number of aliphatic imine (C=N–C) groups is 1. The van der Waals surface area contributed by atoms with Crippen molar-refractivity contribution in [1.29, 1.82) is 0 Å². The van der Waals surface area contributed by atoms with Crippen molar-refractivity contribution in [2.75, 3.05) is 0 Å². The van der Waals surface area contributed by atoms with Gasteiger partial charge < -0.3 is 10.1 Å². The molecule has 1 aliphatic heterocycles. The number of imidazole rings is 1. The third kappa shape index (κ3) is 2.80. The molecule has 0 unspecified atom stereocenters. The van der Waals surface area contributed by atoms with Crippen LogP contribution in [0, 0.1) is 6.92 Å². The van der Waals surface area contributed by atoms with Gasteiger partial charge in [0.15, 0.2) is 0 Å². The minimum atomic E-state index is -0.339. The fraction of sp³-hybridized carbons (Fsp3) is 0.100. The van der Waals surface area contributed by atoms with Gasteiger partial charge in [-0.3, -0.25) is 9.56 Å². The average molecular weight is 331 g/mol. The quantitative estimate of drug-likeness (QED) is 0.771. The van der Waals surface area contributed by atoms with E-state index in [4.69, 9.17) is 0 Å². The van der Waals surface area contributed by atoms with Crippen molar-refractivity contribution in [3.05, 3.63) is 81.4 Å². The van der Waals surface area contributed by atoms with E-state index in [0.717, 1.165) is 28.0 Å². The van der Waals surface area contributed by atoms with Crippen molar-refractivity contribution in [3.63, 3.8) is 0 Å². The average Bonchev–Trinajstić information content (AvgIpc) is 3.12. The third-order valence-corrected chi connectivity index (χ3v) is 4.26. The number of H-pyrrole nitrogens is 1. The minimum absolute atomic E-state index is 0.0724. The Kier molecular flexibility index (Phi) is 3.61. The maximum atomic E-state index is 12.3. The number of benzene rings is 2. The van der Waals surface area contributed by atoms with Gasteiger partial charge in [-0.2, -0.15) is 0 Å². The SMILES string of the molecule is Cc1cccc(Cn2c(O)c(/C=C3/C=Nc4ccccc43)[nH]c2=O)c1. The van der Waals surface area contributed by atoms with E-state index in [1.165, 1.54) is 4.57 Å². The number of aryl methyl sites for hydroxylation is 1. The molecule has 0 spiro atoms. The molecule has 0 atom stereocenters. The molecule has 5 heteroatoms. The summed E-state index contributed by atoms with van der Waals surface area (Å²) >= 11 is 0. The number of rotatable bonds is 3. The smallest absolute Gasteiger partial charge is 0.329 e. The number of para-hydroxylation sites is 1. The molecule has 0 radical (unpaired) electrons. The van der Waals surface area contributed by atoms with Crippen molar-refractivity contribution in [3.8, 4) is 5.88 Å². The number of hydrogen-bond acceptors (Lipinski definition) is 3. The van der Waals surface area contributed by atoms with Crippen LogP contribution in [0.3, 0.4) is 0 Å². The van der Waals surface area contributed by atoms with Crippen LogP contribution >= 0.6 is 0 Å². The molecule has 0 saturated heterocycles. The first-order valence-electron chi connectivity index (χ1n) is 8.04. The van der Waals surface area contributed by atoms with Gasteiger partial charge in [-0.15, -0.1) is 0 Å². The maximum absolute atomic E-state index is 12.3. The van der Waals surface area contributed by atoms with E-state index >= 15 is 0 Å². The molecule has 0 amide bonds. The van der Waals surface area contributed by atoms with Gasteiger partial charge in [-0.05, 0) is 24.6 Å². The van der Waals surface area contributed by atoms with Crippen LogP contribution in [0.25, 0.3) is 11.6 Å². The Bertz CT molecular complexity index is 1070. The molecule has 0 fully saturated rings. The molecule has 124 valence electrons. The van der Waals surface area contributed by atoms with E-state index in [-0.39, 0.29) is 11.6 Å². The Hall–Kier alpha value is -3.34. The summed E-state index contributed by atoms with van der Waals surface area (Å²) in [6.07, 6.45) is 3.49. The van der Waals surface area contributed by atoms with Gasteiger partial charge >= 0.3 is 5.69 Å². The van der Waals surface area contributed by atoms with Crippen LogP contribution in [0.4, 0.5) is 5.69 Å². The monoisotopic (exact) mass is 331 g/mol. The van der Waals surface area contributed by atoms with E-state index in [0.29, 0.717) is 12.2 Å². The topological polar surface area (TPSA) is 70.4 Å². The fourth-order valence-electron chi connectivity index (χ4n) is 3.03. The first-order valence-corrected chi connectivity index (χ1v) is 8.04. The van der Waals surface area contributed by atoms with Gasteiger partial charge in [0.2, 0.25) is 5.88 Å². The molecule has 25 heavy (non-hydrogen) atoms. The van der Waals surface area contributed by atoms with Crippen LogP contribution in [-0.2, 0) is 6.54 Å². The number of hydrogen-bond donors (Lipinski definition) is 2. The summed E-state index contributed by atoms with van der Waals surface area (Å²) in [6.45, 7) is 2.31. The molecule has 0 saturated carbocycles. The highest BCUT2D eigenvalue weighted by Gasteiger charge is 2.16. The van der Waals surface area contributed by atoms with Crippen LogP contribution in [0.2, 0.25) is 0 Å². The summed E-state index contributed by atoms with van der Waals surface area (Å²) in [6, 6.07) is 15.6. The van der Waals surface area contributed by atoms with E-state index < -0.39 is 0 Å². The van der Waals surface area contributed by atoms with Gasteiger partial charge in [-0.1, -0.05) is 48.0 Å². The summed E-state index contributed by atoms with van der Waals surface area (Å²) in [7, 11) is 0. The Morgan fingerprint density at radius 1 is 1.20 bits per heavy atom. The zero-order chi connectivity index (χ0) is 17.4. The highest BCUT2D eigenvalue weighted by molar-refractivity contribution is 6.21. The van der Waals surface area contributed by atoms with Gasteiger partial charge in [0.1, 0.15) is 5.69 Å². The molecule has 2 heterocycles. The van der Waals surface area contributed by atoms with E-state index in [1.807, 2.05) is 55.5 Å². The van der Waals surface area contributed by atoms with Gasteiger partial charge in [-0.25, -0.2) is 4.79 Å². The molecule has 0 bridgehead atoms. The van der Waals surface area contributed by atoms with Crippen LogP contribution in [0.5, 0.6) is 5.88 Å². The second-order valence-electron chi connectivity index (χ2n) is 6.12. The molecule has 2 N–H and O–H groups in total. The van der Waals surface area contributed by atoms with Crippen molar-refractivity contribution >= 4 is 23.6 Å². The van der Waals surface area contributed by atoms with Crippen LogP contribution in [0.15, 0.2) is 58.3 Å². The zero-order valence-corrected chi connectivity index (χ0v) is 13.7. The van der Waals surface area contributed by atoms with Crippen LogP contribution in [0.1, 0.15) is 22.4 Å². The highest BCUT2D eigenvalue weighted by atomic mass is 16.3. The Balaban J connectivity index is 1.71. The number of aromatic amines is 1. The van der Waals surface area contributed by atoms with Crippen molar-refractivity contribution in [1.82, 2.24) is 9.55 Å². The summed E-state index contributed by atoms with van der Waals surface area (Å²) < 4.78 is 1.33. The van der Waals surface area contributed by atoms with Crippen LogP contribution in [-0.4, -0.2) is 20.9 Å². The van der Waals surface area contributed by atoms with E-state index in [9.17, 15) is 9.90 Å². The molecule has 3 aromatic rings. The lowest BCUT2D eigenvalue weighted by Gasteiger charge is -2.05. The summed E-state index contributed by atoms with van der Waals surface area (Å²) in [4.78, 5) is 19.3. The molecule has 1 aromatic heterocycles. The molecule has 1 aliphatic rings. The van der Waals surface area contributed by atoms with Gasteiger partial charge in [0.05, 0.1) is 12.2 Å². The summed E-state index contributed by atoms with van der Waals surface area (Å²) in [5, 5.41) is 10.5. The van der Waals surface area contributed by atoms with Crippen molar-refractivity contribution < 1.29 is 5.11 Å². The van der Waals surface area contributed by atoms with E-state index in [1.54, 1.807) is 12.3 Å². The van der Waals surface area contributed by atoms with Gasteiger partial charge in [0.25, 0.3) is 0 Å². The Morgan fingerprint density at radius 2 is 2.04 bits per heavy atom. The van der Waals surface area contributed by atoms with Crippen LogP contribution < -0.4 is 5.69 Å². The second-order valence-corrected chi connectivity index (χ2v) is 6.12. The lowest BCUT2D eigenvalue weighted by atomic mass is 10.1. The number of nitrogens with one attached hydrogen (secondary N) is 1. The molecular formula is C20H17N3O2. The second kappa shape index (κ2) is 5.94. The molecular weight excluding hydrogens is 314 g/mol. The third-order valence-electron chi connectivity index (χ3n) is 4.26. The van der Waals surface area contributed by atoms with Gasteiger partial charge in [0, 0.05) is 17.4 Å². The lowest BCUT2D eigenvalue weighted by Crippen LogP contribution is -2.17. The number of aromatic nitrogens is 2. The number of fused-ring (bicyclic) bond motifs is 1. The molecule has 0 aliphatic carbocycles. The highest BCUT2D eigenvalue weighted by Crippen LogP contribution is 2.32. The maximum Gasteiger partial charge on any atom is 0.329 e. The first-order chi connectivity index (χ1) is 12.1. The lowest BCUT2D eigenvalue weighted by molar-refractivity contribution is 0.420. The Morgan fingerprint density at radius 3 is 2.88 bits per heavy atom. The van der Waals surface area contributed by atoms with E-state index in [2.05, 4.69) is 9.98 Å². The van der Waals surface area contributed by atoms with Crippen molar-refractivity contribution in [2.45, 2.75) is 13.5 Å². The number of nitrogens with zero attached hydrogens (tertiary/aromatic N) is 2. The predicted octanol–water partition coefficient (Wildman–Crippen LogP) is 3.50. The largest absolute Gasteiger partial charge is 0.493 e. The van der Waals surface area contributed by atoms with Crippen molar-refractivity contribution in [2.24, 2.45) is 4.99 Å². The minimum Gasteiger partial charge on any atom is -0.493 e. The molecule has 2 aromatic carbocycles.